The first-order valence-electron chi connectivity index (χ1n) is 6.82. The molecule has 0 spiro atoms. The molecule has 2 unspecified atom stereocenters. The van der Waals surface area contributed by atoms with Gasteiger partial charge in [0.25, 0.3) is 0 Å². The van der Waals surface area contributed by atoms with Crippen LogP contribution in [0.1, 0.15) is 33.1 Å². The van der Waals surface area contributed by atoms with Crippen LogP contribution in [0.15, 0.2) is 0 Å². The summed E-state index contributed by atoms with van der Waals surface area (Å²) in [5, 5.41) is 3.11. The molecule has 18 heavy (non-hydrogen) atoms. The Kier molecular flexibility index (Phi) is 4.22. The van der Waals surface area contributed by atoms with Crippen molar-refractivity contribution in [2.45, 2.75) is 45.2 Å². The molecule has 2 rings (SSSR count). The van der Waals surface area contributed by atoms with Gasteiger partial charge in [0.1, 0.15) is 0 Å². The predicted octanol–water partition coefficient (Wildman–Crippen LogP) is 0.898. The Bertz CT molecular complexity index is 341. The smallest absolute Gasteiger partial charge is 0.230 e. The zero-order valence-electron chi connectivity index (χ0n) is 11.2. The highest BCUT2D eigenvalue weighted by Gasteiger charge is 2.36. The van der Waals surface area contributed by atoms with Crippen molar-refractivity contribution in [3.63, 3.8) is 0 Å². The van der Waals surface area contributed by atoms with Crippen molar-refractivity contribution in [2.75, 3.05) is 13.1 Å². The maximum Gasteiger partial charge on any atom is 0.230 e. The second-order valence-electron chi connectivity index (χ2n) is 5.84. The molecule has 0 radical (unpaired) electrons. The first kappa shape index (κ1) is 13.7. The number of carbonyl (C=O) groups is 1. The van der Waals surface area contributed by atoms with Gasteiger partial charge in [-0.2, -0.15) is 0 Å². The van der Waals surface area contributed by atoms with Gasteiger partial charge in [0.15, 0.2) is 0 Å². The van der Waals surface area contributed by atoms with Crippen molar-refractivity contribution < 1.29 is 4.79 Å². The van der Waals surface area contributed by atoms with Crippen LogP contribution < -0.4 is 11.1 Å². The molecule has 1 aliphatic carbocycles. The van der Waals surface area contributed by atoms with Gasteiger partial charge in [-0.15, -0.1) is 0 Å². The van der Waals surface area contributed by atoms with Crippen molar-refractivity contribution in [3.8, 4) is 0 Å². The Morgan fingerprint density at radius 2 is 2.06 bits per heavy atom. The lowest BCUT2D eigenvalue weighted by Gasteiger charge is -2.22. The van der Waals surface area contributed by atoms with E-state index >= 15 is 0 Å². The minimum atomic E-state index is -0.338. The summed E-state index contributed by atoms with van der Waals surface area (Å²) in [6.45, 7) is 6.05. The van der Waals surface area contributed by atoms with Gasteiger partial charge in [0.05, 0.1) is 10.9 Å². The first-order chi connectivity index (χ1) is 8.49. The standard InChI is InChI=1S/C13H23N3OS/c1-8(2)11(12(14)18)13(17)15-9-5-6-16(7-9)10-3-4-10/h8-11H,3-7H2,1-2H3,(H2,14,18)(H,15,17). The summed E-state index contributed by atoms with van der Waals surface area (Å²) in [4.78, 5) is 15.0. The molecule has 4 nitrogen and oxygen atoms in total. The number of likely N-dealkylation sites (tertiary alicyclic amines) is 1. The first-order valence-corrected chi connectivity index (χ1v) is 7.23. The van der Waals surface area contributed by atoms with Crippen molar-refractivity contribution in [2.24, 2.45) is 17.6 Å². The number of amides is 1. The van der Waals surface area contributed by atoms with E-state index < -0.39 is 0 Å². The van der Waals surface area contributed by atoms with E-state index in [1.165, 1.54) is 12.8 Å². The summed E-state index contributed by atoms with van der Waals surface area (Å²) in [5.74, 6) is -0.182. The van der Waals surface area contributed by atoms with E-state index in [0.29, 0.717) is 4.99 Å². The summed E-state index contributed by atoms with van der Waals surface area (Å²) in [7, 11) is 0. The number of thiocarbonyl (C=S) groups is 1. The minimum absolute atomic E-state index is 0.000136. The van der Waals surface area contributed by atoms with Gasteiger partial charge in [-0.1, -0.05) is 26.1 Å². The van der Waals surface area contributed by atoms with Crippen LogP contribution in [0.2, 0.25) is 0 Å². The quantitative estimate of drug-likeness (QED) is 0.728. The highest BCUT2D eigenvalue weighted by Crippen LogP contribution is 2.29. The number of nitrogens with one attached hydrogen (secondary N) is 1. The topological polar surface area (TPSA) is 58.4 Å². The monoisotopic (exact) mass is 269 g/mol. The largest absolute Gasteiger partial charge is 0.393 e. The van der Waals surface area contributed by atoms with E-state index in [-0.39, 0.29) is 23.8 Å². The molecule has 102 valence electrons. The molecule has 1 amide bonds. The zero-order chi connectivity index (χ0) is 13.3. The molecular weight excluding hydrogens is 246 g/mol. The molecule has 2 aliphatic rings. The van der Waals surface area contributed by atoms with Gasteiger partial charge in [0.2, 0.25) is 5.91 Å². The van der Waals surface area contributed by atoms with Crippen LogP contribution in [0.3, 0.4) is 0 Å². The Balaban J connectivity index is 1.84. The molecule has 3 N–H and O–H groups in total. The van der Waals surface area contributed by atoms with Crippen LogP contribution in [-0.2, 0) is 4.79 Å². The average molecular weight is 269 g/mol. The Labute approximate surface area is 114 Å². The molecule has 0 aromatic heterocycles. The minimum Gasteiger partial charge on any atom is -0.393 e. The van der Waals surface area contributed by atoms with Gasteiger partial charge in [-0.25, -0.2) is 0 Å². The molecule has 2 fully saturated rings. The van der Waals surface area contributed by atoms with E-state index in [9.17, 15) is 4.79 Å². The number of rotatable bonds is 5. The van der Waals surface area contributed by atoms with Crippen molar-refractivity contribution in [1.29, 1.82) is 0 Å². The van der Waals surface area contributed by atoms with Crippen LogP contribution in [0.5, 0.6) is 0 Å². The van der Waals surface area contributed by atoms with Crippen molar-refractivity contribution >= 4 is 23.1 Å². The van der Waals surface area contributed by atoms with Crippen LogP contribution in [0.4, 0.5) is 0 Å². The van der Waals surface area contributed by atoms with Crippen LogP contribution in [0, 0.1) is 11.8 Å². The summed E-state index contributed by atoms with van der Waals surface area (Å²) >= 11 is 4.99. The second-order valence-corrected chi connectivity index (χ2v) is 6.32. The summed E-state index contributed by atoms with van der Waals surface area (Å²) < 4.78 is 0. The molecule has 2 atom stereocenters. The molecule has 1 heterocycles. The average Bonchev–Trinajstić information content (AvgIpc) is 2.99. The predicted molar refractivity (Wildman–Crippen MR) is 76.3 cm³/mol. The number of hydrogen-bond donors (Lipinski definition) is 2. The molecule has 1 saturated heterocycles. The van der Waals surface area contributed by atoms with Gasteiger partial charge in [-0.05, 0) is 25.2 Å². The third-order valence-electron chi connectivity index (χ3n) is 3.88. The maximum absolute atomic E-state index is 12.2. The lowest BCUT2D eigenvalue weighted by molar-refractivity contribution is -0.124. The number of nitrogens with two attached hydrogens (primary N) is 1. The number of hydrogen-bond acceptors (Lipinski definition) is 3. The third kappa shape index (κ3) is 3.20. The highest BCUT2D eigenvalue weighted by atomic mass is 32.1. The van der Waals surface area contributed by atoms with E-state index in [4.69, 9.17) is 18.0 Å². The van der Waals surface area contributed by atoms with Crippen LogP contribution >= 0.6 is 12.2 Å². The zero-order valence-corrected chi connectivity index (χ0v) is 12.0. The summed E-state index contributed by atoms with van der Waals surface area (Å²) in [6.07, 6.45) is 3.69. The summed E-state index contributed by atoms with van der Waals surface area (Å²) in [5.41, 5.74) is 5.66. The molecular formula is C13H23N3OS. The van der Waals surface area contributed by atoms with Crippen LogP contribution in [0.25, 0.3) is 0 Å². The van der Waals surface area contributed by atoms with Crippen molar-refractivity contribution in [1.82, 2.24) is 10.2 Å². The fourth-order valence-electron chi connectivity index (χ4n) is 2.73. The summed E-state index contributed by atoms with van der Waals surface area (Å²) in [6, 6.07) is 1.05. The molecule has 0 aromatic carbocycles. The molecule has 0 aromatic rings. The molecule has 1 aliphatic heterocycles. The second kappa shape index (κ2) is 5.53. The fraction of sp³-hybridized carbons (Fsp3) is 0.846. The number of nitrogens with zero attached hydrogens (tertiary/aromatic N) is 1. The van der Waals surface area contributed by atoms with E-state index in [1.807, 2.05) is 13.8 Å². The Morgan fingerprint density at radius 3 is 2.56 bits per heavy atom. The molecule has 5 heteroatoms. The SMILES string of the molecule is CC(C)C(C(=O)NC1CCN(C2CC2)C1)C(N)=S. The Morgan fingerprint density at radius 1 is 1.39 bits per heavy atom. The van der Waals surface area contributed by atoms with Gasteiger partial charge in [0, 0.05) is 25.2 Å². The lowest BCUT2D eigenvalue weighted by Crippen LogP contribution is -2.46. The third-order valence-corrected chi connectivity index (χ3v) is 4.14. The molecule has 1 saturated carbocycles. The van der Waals surface area contributed by atoms with E-state index in [0.717, 1.165) is 25.6 Å². The fourth-order valence-corrected chi connectivity index (χ4v) is 3.11. The van der Waals surface area contributed by atoms with E-state index in [1.54, 1.807) is 0 Å². The highest BCUT2D eigenvalue weighted by molar-refractivity contribution is 7.80. The normalized spacial score (nSPS) is 26.3. The van der Waals surface area contributed by atoms with Gasteiger partial charge in [-0.3, -0.25) is 9.69 Å². The van der Waals surface area contributed by atoms with Crippen LogP contribution in [-0.4, -0.2) is 41.0 Å². The maximum atomic E-state index is 12.2. The Hall–Kier alpha value is -0.680. The lowest BCUT2D eigenvalue weighted by atomic mass is 9.94. The van der Waals surface area contributed by atoms with Crippen molar-refractivity contribution in [3.05, 3.63) is 0 Å². The van der Waals surface area contributed by atoms with E-state index in [2.05, 4.69) is 10.2 Å². The number of carbonyl (C=O) groups excluding carboxylic acids is 1. The van der Waals surface area contributed by atoms with Gasteiger partial charge < -0.3 is 11.1 Å². The molecule has 0 bridgehead atoms. The van der Waals surface area contributed by atoms with Gasteiger partial charge >= 0.3 is 0 Å².